The van der Waals surface area contributed by atoms with Gasteiger partial charge in [-0.3, -0.25) is 9.80 Å². The molecule has 0 radical (unpaired) electrons. The SMILES string of the molecule is C=CCCCCCCCCC(CCCCCCCCC(=C)CCC(CCCCCC)CCCCCCCC)N(NC)C(=O)CCCCCCCC. The molecule has 1 amide bonds. The third kappa shape index (κ3) is 33.2. The normalized spacial score (nSPS) is 12.6. The molecule has 0 rings (SSSR count). The van der Waals surface area contributed by atoms with Gasteiger partial charge in [0.15, 0.2) is 0 Å². The van der Waals surface area contributed by atoms with Crippen molar-refractivity contribution in [1.82, 2.24) is 10.4 Å². The molecule has 3 nitrogen and oxygen atoms in total. The fourth-order valence-electron chi connectivity index (χ4n) is 7.97. The number of allylic oxidation sites excluding steroid dienone is 2. The lowest BCUT2D eigenvalue weighted by Crippen LogP contribution is -2.47. The van der Waals surface area contributed by atoms with E-state index in [2.05, 4.69) is 39.4 Å². The predicted octanol–water partition coefficient (Wildman–Crippen LogP) is 16.2. The van der Waals surface area contributed by atoms with Gasteiger partial charge < -0.3 is 0 Å². The summed E-state index contributed by atoms with van der Waals surface area (Å²) >= 11 is 0. The highest BCUT2D eigenvalue weighted by atomic mass is 16.2. The van der Waals surface area contributed by atoms with Crippen LogP contribution in [0.3, 0.4) is 0 Å². The van der Waals surface area contributed by atoms with Crippen LogP contribution in [0.2, 0.25) is 0 Å². The number of nitrogens with zero attached hydrogens (tertiary/aromatic N) is 1. The number of amides is 1. The summed E-state index contributed by atoms with van der Waals surface area (Å²) in [6, 6.07) is 0.336. The maximum Gasteiger partial charge on any atom is 0.236 e. The van der Waals surface area contributed by atoms with Crippen molar-refractivity contribution in [2.24, 2.45) is 5.92 Å². The minimum Gasteiger partial charge on any atom is -0.275 e. The molecular formula is C48H94N2O. The van der Waals surface area contributed by atoms with Crippen molar-refractivity contribution < 1.29 is 4.79 Å². The lowest BCUT2D eigenvalue weighted by Gasteiger charge is -2.31. The van der Waals surface area contributed by atoms with Crippen LogP contribution in [-0.2, 0) is 4.79 Å². The van der Waals surface area contributed by atoms with Gasteiger partial charge >= 0.3 is 0 Å². The molecule has 0 aliphatic rings. The van der Waals surface area contributed by atoms with E-state index < -0.39 is 0 Å². The fraction of sp³-hybridized carbons (Fsp3) is 0.896. The molecule has 2 atom stereocenters. The molecule has 2 unspecified atom stereocenters. The number of hydrazine groups is 1. The number of carbonyl (C=O) groups is 1. The van der Waals surface area contributed by atoms with E-state index in [-0.39, 0.29) is 0 Å². The van der Waals surface area contributed by atoms with Crippen molar-refractivity contribution in [3.8, 4) is 0 Å². The van der Waals surface area contributed by atoms with E-state index in [1.165, 1.54) is 211 Å². The number of carbonyl (C=O) groups excluding carboxylic acids is 1. The van der Waals surface area contributed by atoms with Crippen LogP contribution in [0.4, 0.5) is 0 Å². The van der Waals surface area contributed by atoms with Gasteiger partial charge in [0.1, 0.15) is 0 Å². The summed E-state index contributed by atoms with van der Waals surface area (Å²) in [5, 5.41) is 2.03. The monoisotopic (exact) mass is 715 g/mol. The molecule has 3 heteroatoms. The van der Waals surface area contributed by atoms with E-state index in [1.54, 1.807) is 0 Å². The van der Waals surface area contributed by atoms with Gasteiger partial charge in [0.05, 0.1) is 0 Å². The van der Waals surface area contributed by atoms with Crippen molar-refractivity contribution >= 4 is 5.91 Å². The van der Waals surface area contributed by atoms with Crippen LogP contribution in [0, 0.1) is 5.92 Å². The summed E-state index contributed by atoms with van der Waals surface area (Å²) in [6.45, 7) is 15.3. The van der Waals surface area contributed by atoms with Crippen LogP contribution in [0.1, 0.15) is 258 Å². The van der Waals surface area contributed by atoms with Crippen molar-refractivity contribution in [2.45, 2.75) is 264 Å². The molecule has 0 saturated carbocycles. The molecule has 0 heterocycles. The summed E-state index contributed by atoms with van der Waals surface area (Å²) in [4.78, 5) is 13.3. The van der Waals surface area contributed by atoms with Gasteiger partial charge in [-0.1, -0.05) is 212 Å². The average molecular weight is 715 g/mol. The fourth-order valence-corrected chi connectivity index (χ4v) is 7.97. The molecule has 0 spiro atoms. The van der Waals surface area contributed by atoms with Crippen LogP contribution >= 0.6 is 0 Å². The number of unbranched alkanes of at least 4 members (excludes halogenated alkanes) is 24. The Morgan fingerprint density at radius 3 is 1.37 bits per heavy atom. The molecule has 0 aromatic rings. The van der Waals surface area contributed by atoms with Crippen LogP contribution in [0.25, 0.3) is 0 Å². The Balaban J connectivity index is 4.49. The molecule has 0 aromatic heterocycles. The van der Waals surface area contributed by atoms with Crippen LogP contribution < -0.4 is 5.43 Å². The quantitative estimate of drug-likeness (QED) is 0.0388. The summed E-state index contributed by atoms with van der Waals surface area (Å²) in [5.74, 6) is 1.23. The maximum atomic E-state index is 13.3. The van der Waals surface area contributed by atoms with Gasteiger partial charge in [-0.2, -0.15) is 0 Å². The van der Waals surface area contributed by atoms with Gasteiger partial charge in [0, 0.05) is 19.5 Å². The molecule has 0 fully saturated rings. The first-order valence-corrected chi connectivity index (χ1v) is 23.3. The zero-order chi connectivity index (χ0) is 37.5. The molecule has 0 aliphatic carbocycles. The van der Waals surface area contributed by atoms with E-state index in [0.29, 0.717) is 18.4 Å². The number of hydrogen-bond donors (Lipinski definition) is 1. The Morgan fingerprint density at radius 2 is 0.902 bits per heavy atom. The summed E-state index contributed by atoms with van der Waals surface area (Å²) in [5.41, 5.74) is 4.84. The molecular weight excluding hydrogens is 621 g/mol. The third-order valence-electron chi connectivity index (χ3n) is 11.5. The Labute approximate surface area is 322 Å². The molecule has 1 N–H and O–H groups in total. The minimum absolute atomic E-state index is 0.313. The third-order valence-corrected chi connectivity index (χ3v) is 11.5. The zero-order valence-electron chi connectivity index (χ0n) is 35.7. The van der Waals surface area contributed by atoms with Gasteiger partial charge in [-0.25, -0.2) is 5.43 Å². The summed E-state index contributed by atoms with van der Waals surface area (Å²) < 4.78 is 0. The average Bonchev–Trinajstić information content (AvgIpc) is 3.13. The van der Waals surface area contributed by atoms with E-state index in [1.807, 2.05) is 18.1 Å². The summed E-state index contributed by atoms with van der Waals surface area (Å²) in [6.07, 6.45) is 50.0. The van der Waals surface area contributed by atoms with E-state index in [0.717, 1.165) is 31.6 Å². The van der Waals surface area contributed by atoms with Crippen molar-refractivity contribution in [3.63, 3.8) is 0 Å². The minimum atomic E-state index is 0.313. The van der Waals surface area contributed by atoms with Crippen molar-refractivity contribution in [2.75, 3.05) is 7.05 Å². The summed E-state index contributed by atoms with van der Waals surface area (Å²) in [7, 11) is 1.96. The van der Waals surface area contributed by atoms with E-state index >= 15 is 0 Å². The molecule has 0 bridgehead atoms. The van der Waals surface area contributed by atoms with Crippen LogP contribution in [0.5, 0.6) is 0 Å². The Bertz CT molecular complexity index is 748. The molecule has 51 heavy (non-hydrogen) atoms. The van der Waals surface area contributed by atoms with Crippen molar-refractivity contribution in [3.05, 3.63) is 24.8 Å². The molecule has 0 aliphatic heterocycles. The number of rotatable bonds is 42. The molecule has 0 aromatic carbocycles. The highest BCUT2D eigenvalue weighted by molar-refractivity contribution is 5.75. The van der Waals surface area contributed by atoms with Crippen LogP contribution in [-0.4, -0.2) is 24.0 Å². The topological polar surface area (TPSA) is 32.3 Å². The lowest BCUT2D eigenvalue weighted by molar-refractivity contribution is -0.137. The highest BCUT2D eigenvalue weighted by Gasteiger charge is 2.22. The highest BCUT2D eigenvalue weighted by Crippen LogP contribution is 2.26. The first-order chi connectivity index (χ1) is 25.0. The lowest BCUT2D eigenvalue weighted by atomic mass is 9.88. The van der Waals surface area contributed by atoms with E-state index in [9.17, 15) is 4.79 Å². The Hall–Kier alpha value is -1.09. The second kappa shape index (κ2) is 40.1. The van der Waals surface area contributed by atoms with Gasteiger partial charge in [-0.15, -0.1) is 6.58 Å². The molecule has 302 valence electrons. The Kier molecular flexibility index (Phi) is 39.2. The number of hydrogen-bond acceptors (Lipinski definition) is 2. The predicted molar refractivity (Wildman–Crippen MR) is 230 cm³/mol. The first-order valence-electron chi connectivity index (χ1n) is 23.3. The standard InChI is InChI=1S/C48H94N2O/c1-7-11-15-19-22-23-28-34-40-47(50(49-6)48(51)42-36-30-21-17-13-9-3)41-35-29-25-24-26-31-37-45(5)43-44-46(38-32-18-14-10-4)39-33-27-20-16-12-8-2/h7,46-47,49H,1,5,8-44H2,2-4,6H3. The van der Waals surface area contributed by atoms with Gasteiger partial charge in [0.2, 0.25) is 5.91 Å². The second-order valence-corrected chi connectivity index (χ2v) is 16.4. The van der Waals surface area contributed by atoms with E-state index in [4.69, 9.17) is 0 Å². The smallest absolute Gasteiger partial charge is 0.236 e. The largest absolute Gasteiger partial charge is 0.275 e. The van der Waals surface area contributed by atoms with Crippen molar-refractivity contribution in [1.29, 1.82) is 0 Å². The maximum absolute atomic E-state index is 13.3. The van der Waals surface area contributed by atoms with Crippen LogP contribution in [0.15, 0.2) is 24.8 Å². The zero-order valence-corrected chi connectivity index (χ0v) is 35.7. The molecule has 0 saturated heterocycles. The first kappa shape index (κ1) is 49.9. The Morgan fingerprint density at radius 1 is 0.510 bits per heavy atom. The second-order valence-electron chi connectivity index (χ2n) is 16.4. The van der Waals surface area contributed by atoms with Gasteiger partial charge in [0.25, 0.3) is 0 Å². The number of nitrogens with one attached hydrogen (secondary N) is 1. The van der Waals surface area contributed by atoms with Gasteiger partial charge in [-0.05, 0) is 63.7 Å².